The maximum Gasteiger partial charge on any atom is 0.343 e. The molecule has 0 aliphatic carbocycles. The zero-order valence-electron chi connectivity index (χ0n) is 9.02. The van der Waals surface area contributed by atoms with Crippen molar-refractivity contribution in [1.29, 1.82) is 0 Å². The lowest BCUT2D eigenvalue weighted by atomic mass is 10.0. The Hall–Kier alpha value is -2.10. The molecule has 4 heteroatoms. The standard InChI is InChI=1S/C12H12O4/c1-7-3-4-9(8(2)5-7)6-10(11(13)14)12(15)16/h3-6H,1-2H3,(H,13,14)(H,15,16). The smallest absolute Gasteiger partial charge is 0.343 e. The first-order chi connectivity index (χ1) is 7.41. The molecule has 0 radical (unpaired) electrons. The van der Waals surface area contributed by atoms with Crippen LogP contribution in [-0.2, 0) is 9.59 Å². The summed E-state index contributed by atoms with van der Waals surface area (Å²) in [6.07, 6.45) is 1.17. The molecule has 0 saturated carbocycles. The number of carbonyl (C=O) groups is 2. The van der Waals surface area contributed by atoms with Gasteiger partial charge >= 0.3 is 11.9 Å². The summed E-state index contributed by atoms with van der Waals surface area (Å²) in [5, 5.41) is 17.4. The van der Waals surface area contributed by atoms with E-state index in [1.165, 1.54) is 6.08 Å². The van der Waals surface area contributed by atoms with Crippen LogP contribution in [0.3, 0.4) is 0 Å². The van der Waals surface area contributed by atoms with Gasteiger partial charge in [-0.2, -0.15) is 0 Å². The Balaban J connectivity index is 3.23. The average molecular weight is 220 g/mol. The molecule has 0 aliphatic rings. The molecule has 0 atom stereocenters. The van der Waals surface area contributed by atoms with Crippen molar-refractivity contribution in [2.75, 3.05) is 0 Å². The molecule has 0 amide bonds. The summed E-state index contributed by atoms with van der Waals surface area (Å²) in [5.41, 5.74) is 1.86. The molecule has 1 aromatic rings. The van der Waals surface area contributed by atoms with Gasteiger partial charge in [0.15, 0.2) is 0 Å². The lowest BCUT2D eigenvalue weighted by Gasteiger charge is -2.02. The van der Waals surface area contributed by atoms with Crippen molar-refractivity contribution in [3.05, 3.63) is 40.5 Å². The molecule has 84 valence electrons. The Morgan fingerprint density at radius 1 is 1.12 bits per heavy atom. The molecule has 16 heavy (non-hydrogen) atoms. The monoisotopic (exact) mass is 220 g/mol. The van der Waals surface area contributed by atoms with Crippen molar-refractivity contribution in [3.63, 3.8) is 0 Å². The van der Waals surface area contributed by atoms with Gasteiger partial charge in [-0.3, -0.25) is 0 Å². The Kier molecular flexibility index (Phi) is 3.45. The second-order valence-electron chi connectivity index (χ2n) is 3.53. The summed E-state index contributed by atoms with van der Waals surface area (Å²) >= 11 is 0. The highest BCUT2D eigenvalue weighted by atomic mass is 16.4. The zero-order valence-corrected chi connectivity index (χ0v) is 9.02. The maximum absolute atomic E-state index is 10.7. The lowest BCUT2D eigenvalue weighted by molar-refractivity contribution is -0.139. The highest BCUT2D eigenvalue weighted by molar-refractivity contribution is 6.16. The molecule has 0 aromatic heterocycles. The van der Waals surface area contributed by atoms with Crippen molar-refractivity contribution in [1.82, 2.24) is 0 Å². The van der Waals surface area contributed by atoms with Crippen LogP contribution in [0.2, 0.25) is 0 Å². The molecule has 0 bridgehead atoms. The predicted octanol–water partition coefficient (Wildman–Crippen LogP) is 1.86. The van der Waals surface area contributed by atoms with Gasteiger partial charge in [0.1, 0.15) is 5.57 Å². The summed E-state index contributed by atoms with van der Waals surface area (Å²) in [6, 6.07) is 5.38. The molecule has 1 aromatic carbocycles. The fraction of sp³-hybridized carbons (Fsp3) is 0.167. The predicted molar refractivity (Wildman–Crippen MR) is 59.2 cm³/mol. The number of rotatable bonds is 3. The van der Waals surface area contributed by atoms with Gasteiger partial charge in [-0.05, 0) is 31.1 Å². The van der Waals surface area contributed by atoms with Crippen LogP contribution in [-0.4, -0.2) is 22.2 Å². The molecule has 0 spiro atoms. The van der Waals surface area contributed by atoms with E-state index in [0.717, 1.165) is 11.1 Å². The summed E-state index contributed by atoms with van der Waals surface area (Å²) in [4.78, 5) is 21.3. The molecule has 0 saturated heterocycles. The second kappa shape index (κ2) is 4.61. The number of aryl methyl sites for hydroxylation is 2. The van der Waals surface area contributed by atoms with E-state index in [9.17, 15) is 9.59 Å². The van der Waals surface area contributed by atoms with Crippen LogP contribution in [0.1, 0.15) is 16.7 Å². The second-order valence-corrected chi connectivity index (χ2v) is 3.53. The van der Waals surface area contributed by atoms with Gasteiger partial charge in [0.05, 0.1) is 0 Å². The fourth-order valence-electron chi connectivity index (χ4n) is 1.36. The van der Waals surface area contributed by atoms with E-state index >= 15 is 0 Å². The third-order valence-corrected chi connectivity index (χ3v) is 2.19. The summed E-state index contributed by atoms with van der Waals surface area (Å²) in [5.74, 6) is -2.88. The van der Waals surface area contributed by atoms with Crippen molar-refractivity contribution >= 4 is 18.0 Å². The van der Waals surface area contributed by atoms with Crippen LogP contribution in [0.4, 0.5) is 0 Å². The van der Waals surface area contributed by atoms with E-state index in [2.05, 4.69) is 0 Å². The van der Waals surface area contributed by atoms with Gasteiger partial charge in [-0.15, -0.1) is 0 Å². The Morgan fingerprint density at radius 3 is 2.12 bits per heavy atom. The number of carboxylic acids is 2. The van der Waals surface area contributed by atoms with Crippen molar-refractivity contribution in [3.8, 4) is 0 Å². The summed E-state index contributed by atoms with van der Waals surface area (Å²) in [6.45, 7) is 3.72. The van der Waals surface area contributed by atoms with Gasteiger partial charge in [-0.25, -0.2) is 9.59 Å². The number of aliphatic carboxylic acids is 2. The van der Waals surface area contributed by atoms with E-state index in [1.54, 1.807) is 19.1 Å². The van der Waals surface area contributed by atoms with Crippen LogP contribution >= 0.6 is 0 Å². The van der Waals surface area contributed by atoms with Crippen molar-refractivity contribution in [2.45, 2.75) is 13.8 Å². The van der Waals surface area contributed by atoms with Crippen LogP contribution in [0.5, 0.6) is 0 Å². The molecule has 4 nitrogen and oxygen atoms in total. The van der Waals surface area contributed by atoms with E-state index in [-0.39, 0.29) is 0 Å². The van der Waals surface area contributed by atoms with E-state index in [4.69, 9.17) is 10.2 Å². The third-order valence-electron chi connectivity index (χ3n) is 2.19. The summed E-state index contributed by atoms with van der Waals surface area (Å²) in [7, 11) is 0. The van der Waals surface area contributed by atoms with Crippen molar-refractivity contribution < 1.29 is 19.8 Å². The van der Waals surface area contributed by atoms with Gasteiger partial charge in [-0.1, -0.05) is 23.8 Å². The molecule has 0 heterocycles. The molecule has 0 unspecified atom stereocenters. The average Bonchev–Trinajstić information content (AvgIpc) is 2.15. The molecular weight excluding hydrogens is 208 g/mol. The van der Waals surface area contributed by atoms with Gasteiger partial charge < -0.3 is 10.2 Å². The normalized spacial score (nSPS) is 9.62. The molecule has 2 N–H and O–H groups in total. The molecule has 0 aliphatic heterocycles. The quantitative estimate of drug-likeness (QED) is 0.463. The van der Waals surface area contributed by atoms with E-state index in [1.807, 2.05) is 13.0 Å². The minimum Gasteiger partial charge on any atom is -0.477 e. The minimum atomic E-state index is -1.44. The van der Waals surface area contributed by atoms with Gasteiger partial charge in [0.25, 0.3) is 0 Å². The first kappa shape index (κ1) is 12.0. The van der Waals surface area contributed by atoms with Crippen LogP contribution < -0.4 is 0 Å². The largest absolute Gasteiger partial charge is 0.477 e. The van der Waals surface area contributed by atoms with Gasteiger partial charge in [0.2, 0.25) is 0 Å². The SMILES string of the molecule is Cc1ccc(C=C(C(=O)O)C(=O)O)c(C)c1. The fourth-order valence-corrected chi connectivity index (χ4v) is 1.36. The van der Waals surface area contributed by atoms with Crippen LogP contribution in [0.25, 0.3) is 6.08 Å². The topological polar surface area (TPSA) is 74.6 Å². The lowest BCUT2D eigenvalue weighted by Crippen LogP contribution is -2.10. The number of carboxylic acid groups (broad SMARTS) is 2. The molecular formula is C12H12O4. The zero-order chi connectivity index (χ0) is 12.3. The first-order valence-corrected chi connectivity index (χ1v) is 4.67. The third kappa shape index (κ3) is 2.70. The Morgan fingerprint density at radius 2 is 1.69 bits per heavy atom. The highest BCUT2D eigenvalue weighted by Gasteiger charge is 2.16. The van der Waals surface area contributed by atoms with Gasteiger partial charge in [0, 0.05) is 0 Å². The van der Waals surface area contributed by atoms with E-state index < -0.39 is 17.5 Å². The van der Waals surface area contributed by atoms with Crippen LogP contribution in [0, 0.1) is 13.8 Å². The first-order valence-electron chi connectivity index (χ1n) is 4.67. The minimum absolute atomic E-state index is 0.602. The van der Waals surface area contributed by atoms with E-state index in [0.29, 0.717) is 5.56 Å². The highest BCUT2D eigenvalue weighted by Crippen LogP contribution is 2.14. The number of benzene rings is 1. The molecule has 0 fully saturated rings. The maximum atomic E-state index is 10.7. The number of hydrogen-bond acceptors (Lipinski definition) is 2. The summed E-state index contributed by atoms with van der Waals surface area (Å²) < 4.78 is 0. The number of hydrogen-bond donors (Lipinski definition) is 2. The molecule has 1 rings (SSSR count). The van der Waals surface area contributed by atoms with Crippen LogP contribution in [0.15, 0.2) is 23.8 Å². The Labute approximate surface area is 92.8 Å². The Bertz CT molecular complexity index is 456. The van der Waals surface area contributed by atoms with Crippen molar-refractivity contribution in [2.24, 2.45) is 0 Å².